The molecule has 9 heteroatoms. The minimum atomic E-state index is -3.33. The highest BCUT2D eigenvalue weighted by Crippen LogP contribution is 2.22. The Kier molecular flexibility index (Phi) is 7.06. The minimum Gasteiger partial charge on any atom is -0.483 e. The van der Waals surface area contributed by atoms with Crippen LogP contribution < -0.4 is 20.7 Å². The molecule has 46 heavy (non-hydrogen) atoms. The van der Waals surface area contributed by atoms with Gasteiger partial charge in [0.2, 0.25) is 5.91 Å². The summed E-state index contributed by atoms with van der Waals surface area (Å²) < 4.78 is 127. The molecule has 0 spiro atoms. The van der Waals surface area contributed by atoms with Gasteiger partial charge in [0.25, 0.3) is 5.91 Å². The fourth-order valence-electron chi connectivity index (χ4n) is 5.11. The number of hydrogen-bond acceptors (Lipinski definition) is 5. The van der Waals surface area contributed by atoms with Gasteiger partial charge in [-0.25, -0.2) is 4.79 Å². The molecule has 1 aliphatic heterocycles. The summed E-state index contributed by atoms with van der Waals surface area (Å²) in [5, 5.41) is 19.1. The van der Waals surface area contributed by atoms with E-state index in [4.69, 9.17) is 25.3 Å². The number of para-hydroxylation sites is 1. The number of ether oxygens (including phenoxy) is 1. The van der Waals surface area contributed by atoms with Crippen LogP contribution in [-0.2, 0) is 22.4 Å². The number of hydrogen-bond donors (Lipinski definition) is 4. The van der Waals surface area contributed by atoms with Gasteiger partial charge < -0.3 is 30.7 Å². The van der Waals surface area contributed by atoms with Crippen LogP contribution in [0.2, 0.25) is 0 Å². The lowest BCUT2D eigenvalue weighted by Gasteiger charge is -2.37. The van der Waals surface area contributed by atoms with Crippen molar-refractivity contribution in [1.82, 2.24) is 20.9 Å². The Morgan fingerprint density at radius 2 is 1.65 bits per heavy atom. The number of nitrogens with one attached hydrogen (secondary N) is 3. The molecular weight excluding hydrogens is 580 g/mol. The Morgan fingerprint density at radius 1 is 1.02 bits per heavy atom. The number of benzene rings is 3. The molecule has 0 bridgehead atoms. The van der Waals surface area contributed by atoms with Crippen LogP contribution in [-0.4, -0.2) is 71.7 Å². The third-order valence-corrected chi connectivity index (χ3v) is 7.29. The highest BCUT2D eigenvalue weighted by atomic mass is 16.5. The number of urea groups is 1. The first-order valence-corrected chi connectivity index (χ1v) is 14.8. The molecule has 0 aliphatic carbocycles. The van der Waals surface area contributed by atoms with E-state index in [1.54, 1.807) is 60.7 Å². The first kappa shape index (κ1) is 19.3. The summed E-state index contributed by atoms with van der Waals surface area (Å²) >= 11 is 0. The predicted octanol–water partition coefficient (Wildman–Crippen LogP) is 4.33. The number of amides is 4. The molecule has 4 N–H and O–H groups in total. The monoisotopic (exact) mass is 643 g/mol. The molecule has 0 unspecified atom stereocenters. The van der Waals surface area contributed by atoms with Crippen molar-refractivity contribution >= 4 is 17.8 Å². The lowest BCUT2D eigenvalue weighted by atomic mass is 9.92. The number of aliphatic hydroxyl groups is 1. The van der Waals surface area contributed by atoms with Gasteiger partial charge in [0.1, 0.15) is 11.8 Å². The maximum absolute atomic E-state index is 14.2. The number of carbonyl (C=O) groups excluding carboxylic acids is 3. The second-order valence-electron chi connectivity index (χ2n) is 11.2. The van der Waals surface area contributed by atoms with Gasteiger partial charge in [-0.15, -0.1) is 0 Å². The minimum absolute atomic E-state index is 0.0259. The van der Waals surface area contributed by atoms with E-state index in [-0.39, 0.29) is 19.3 Å². The van der Waals surface area contributed by atoms with Crippen molar-refractivity contribution in [2.75, 3.05) is 19.6 Å². The SMILES string of the molecule is [2H]c1c([2H])c(C([2H])([2H])[2H])c(OCC(=O)N[C@@H](Cc2ccccc2)[C@@H](O)C[C@H](Cc2ccccc2)NC(=O)[C@H](C(C)C)N2C(=O)NC([2H])([2H])C([2H])([2H])C2([2H])[2H])c(C([2H])([2H])[2H])c1[2H]. The summed E-state index contributed by atoms with van der Waals surface area (Å²) in [6.45, 7) is -10.9. The van der Waals surface area contributed by atoms with Crippen LogP contribution in [0, 0.1) is 19.6 Å². The highest BCUT2D eigenvalue weighted by Gasteiger charge is 2.35. The van der Waals surface area contributed by atoms with Gasteiger partial charge in [-0.05, 0) is 67.5 Å². The van der Waals surface area contributed by atoms with Crippen molar-refractivity contribution in [3.63, 3.8) is 0 Å². The topological polar surface area (TPSA) is 120 Å². The van der Waals surface area contributed by atoms with Gasteiger partial charge in [0, 0.05) is 35.5 Å². The summed E-state index contributed by atoms with van der Waals surface area (Å²) in [6, 6.07) is 9.07. The molecular formula is C37H48N4O5. The molecule has 1 saturated heterocycles. The van der Waals surface area contributed by atoms with E-state index in [9.17, 15) is 19.5 Å². The Hall–Kier alpha value is -4.37. The van der Waals surface area contributed by atoms with Gasteiger partial charge >= 0.3 is 6.03 Å². The van der Waals surface area contributed by atoms with Gasteiger partial charge in [-0.3, -0.25) is 9.59 Å². The van der Waals surface area contributed by atoms with Crippen molar-refractivity contribution < 1.29 is 44.8 Å². The van der Waals surface area contributed by atoms with Crippen LogP contribution in [0.5, 0.6) is 5.75 Å². The number of aliphatic hydroxyl groups excluding tert-OH is 1. The second-order valence-corrected chi connectivity index (χ2v) is 11.2. The van der Waals surface area contributed by atoms with E-state index in [1.807, 2.05) is 5.32 Å². The molecule has 1 heterocycles. The van der Waals surface area contributed by atoms with Crippen molar-refractivity contribution in [2.24, 2.45) is 5.92 Å². The molecule has 1 fully saturated rings. The van der Waals surface area contributed by atoms with Crippen LogP contribution in [0.25, 0.3) is 0 Å². The predicted molar refractivity (Wildman–Crippen MR) is 180 cm³/mol. The fraction of sp³-hybridized carbons (Fsp3) is 0.432. The van der Waals surface area contributed by atoms with Crippen LogP contribution >= 0.6 is 0 Å². The van der Waals surface area contributed by atoms with E-state index in [1.165, 1.54) is 13.8 Å². The maximum Gasteiger partial charge on any atom is 0.318 e. The molecule has 3 aromatic carbocycles. The van der Waals surface area contributed by atoms with Crippen molar-refractivity contribution in [3.05, 3.63) is 101 Å². The first-order chi connectivity index (χ1) is 28.0. The lowest BCUT2D eigenvalue weighted by molar-refractivity contribution is -0.128. The van der Waals surface area contributed by atoms with Crippen molar-refractivity contribution in [3.8, 4) is 5.75 Å². The van der Waals surface area contributed by atoms with E-state index >= 15 is 0 Å². The van der Waals surface area contributed by atoms with E-state index in [2.05, 4.69) is 10.6 Å². The molecule has 4 rings (SSSR count). The molecule has 4 atom stereocenters. The largest absolute Gasteiger partial charge is 0.483 e. The van der Waals surface area contributed by atoms with E-state index in [0.29, 0.717) is 16.0 Å². The molecule has 0 saturated carbocycles. The third-order valence-electron chi connectivity index (χ3n) is 7.29. The Balaban J connectivity index is 1.68. The second kappa shape index (κ2) is 16.8. The summed E-state index contributed by atoms with van der Waals surface area (Å²) in [6.07, 6.45) is -5.09. The fourth-order valence-corrected chi connectivity index (χ4v) is 5.11. The normalized spacial score (nSPS) is 24.4. The van der Waals surface area contributed by atoms with Crippen molar-refractivity contribution in [1.29, 1.82) is 0 Å². The van der Waals surface area contributed by atoms with Crippen LogP contribution in [0.1, 0.15) is 69.5 Å². The summed E-state index contributed by atoms with van der Waals surface area (Å²) in [7, 11) is 0. The number of carbonyl (C=O) groups is 3. The lowest BCUT2D eigenvalue weighted by Crippen LogP contribution is -2.59. The zero-order chi connectivity index (χ0) is 46.0. The third kappa shape index (κ3) is 9.81. The first-order valence-electron chi connectivity index (χ1n) is 22.3. The van der Waals surface area contributed by atoms with Crippen molar-refractivity contribution in [2.45, 2.75) is 77.4 Å². The van der Waals surface area contributed by atoms with Gasteiger partial charge in [0.05, 0.1) is 16.3 Å². The molecule has 0 aromatic heterocycles. The summed E-state index contributed by atoms with van der Waals surface area (Å²) in [5.74, 6) is -3.73. The smallest absolute Gasteiger partial charge is 0.318 e. The molecule has 246 valence electrons. The zero-order valence-electron chi connectivity index (χ0n) is 40.5. The van der Waals surface area contributed by atoms with E-state index in [0.717, 1.165) is 0 Å². The molecule has 9 nitrogen and oxygen atoms in total. The maximum atomic E-state index is 14.2. The summed E-state index contributed by atoms with van der Waals surface area (Å²) in [4.78, 5) is 41.4. The van der Waals surface area contributed by atoms with Crippen LogP contribution in [0.15, 0.2) is 78.8 Å². The van der Waals surface area contributed by atoms with Gasteiger partial charge in [-0.1, -0.05) is 92.6 Å². The van der Waals surface area contributed by atoms with Crippen LogP contribution in [0.4, 0.5) is 4.79 Å². The molecule has 1 aliphatic rings. The molecule has 4 amide bonds. The number of rotatable bonds is 15. The Labute approximate surface area is 293 Å². The number of nitrogens with zero attached hydrogens (tertiary/aromatic N) is 1. The van der Waals surface area contributed by atoms with Gasteiger partial charge in [-0.2, -0.15) is 0 Å². The Morgan fingerprint density at radius 3 is 2.26 bits per heavy atom. The van der Waals surface area contributed by atoms with Crippen LogP contribution in [0.3, 0.4) is 0 Å². The average Bonchev–Trinajstić information content (AvgIpc) is 3.13. The van der Waals surface area contributed by atoms with E-state index < -0.39 is 123 Å². The van der Waals surface area contributed by atoms with Gasteiger partial charge in [0.15, 0.2) is 6.61 Å². The molecule has 0 radical (unpaired) electrons. The quantitative estimate of drug-likeness (QED) is 0.197. The molecule has 3 aromatic rings. The zero-order valence-corrected chi connectivity index (χ0v) is 25.5. The standard InChI is InChI=1S/C37H48N4O5/c1-25(2)34(41-20-12-19-38-37(41)45)36(44)39-30(21-28-15-7-5-8-16-28)23-32(42)31(22-29-17-9-6-10-18-29)40-33(43)24-46-35-26(3)13-11-14-27(35)4/h5-11,13-18,25,30-32,34,42H,12,19-24H2,1-4H3,(H,38,45)(H,39,44)(H,40,43)/t30-,31-,32-,34-/m0/s1/i3D3,4D3,11D,12D2,13D,14D,19D2,20D2. The summed E-state index contributed by atoms with van der Waals surface area (Å²) in [5.41, 5.74) is -0.651. The Bertz CT molecular complexity index is 2010. The average molecular weight is 644 g/mol. The highest BCUT2D eigenvalue weighted by molar-refractivity contribution is 5.87.